The number of hydrogen-bond donors (Lipinski definition) is 1. The highest BCUT2D eigenvalue weighted by atomic mass is 32.1. The second-order valence-corrected chi connectivity index (χ2v) is 9.16. The zero-order valence-corrected chi connectivity index (χ0v) is 20.1. The molecule has 1 N–H and O–H groups in total. The first-order chi connectivity index (χ1) is 16.1. The number of aryl methyl sites for hydroxylation is 1. The van der Waals surface area contributed by atoms with Gasteiger partial charge in [0.2, 0.25) is 0 Å². The van der Waals surface area contributed by atoms with Gasteiger partial charge in [-0.15, -0.1) is 0 Å². The Morgan fingerprint density at radius 3 is 2.79 bits per heavy atom. The van der Waals surface area contributed by atoms with Crippen LogP contribution < -0.4 is 10.1 Å². The summed E-state index contributed by atoms with van der Waals surface area (Å²) in [6.45, 7) is 5.94. The largest absolute Gasteiger partial charge is 0.497 e. The predicted octanol–water partition coefficient (Wildman–Crippen LogP) is 4.65. The molecule has 2 aliphatic heterocycles. The lowest BCUT2D eigenvalue weighted by molar-refractivity contribution is 0.0842. The van der Waals surface area contributed by atoms with Gasteiger partial charge in [0.05, 0.1) is 31.0 Å². The molecule has 0 aliphatic carbocycles. The predicted molar refractivity (Wildman–Crippen MR) is 133 cm³/mol. The first kappa shape index (κ1) is 21.9. The van der Waals surface area contributed by atoms with Gasteiger partial charge in [-0.3, -0.25) is 4.98 Å². The molecule has 33 heavy (non-hydrogen) atoms. The average molecular weight is 463 g/mol. The Hall–Kier alpha value is -2.90. The number of hydrogen-bond acceptors (Lipinski definition) is 4. The van der Waals surface area contributed by atoms with Crippen molar-refractivity contribution in [3.8, 4) is 11.4 Å². The number of methoxy groups -OCH3 is 1. The van der Waals surface area contributed by atoms with E-state index in [1.807, 2.05) is 30.5 Å². The molecule has 5 rings (SSSR count). The summed E-state index contributed by atoms with van der Waals surface area (Å²) in [6, 6.07) is 16.5. The third kappa shape index (κ3) is 4.11. The van der Waals surface area contributed by atoms with E-state index >= 15 is 0 Å². The molecule has 3 aromatic rings. The Balaban J connectivity index is 1.59. The molecule has 0 unspecified atom stereocenters. The van der Waals surface area contributed by atoms with Gasteiger partial charge < -0.3 is 24.3 Å². The van der Waals surface area contributed by atoms with Crippen molar-refractivity contribution >= 4 is 17.3 Å². The minimum absolute atomic E-state index is 0.0284. The van der Waals surface area contributed by atoms with Gasteiger partial charge in [-0.05, 0) is 74.8 Å². The van der Waals surface area contributed by atoms with Crippen LogP contribution in [0.15, 0.2) is 54.7 Å². The van der Waals surface area contributed by atoms with Crippen LogP contribution in [0.1, 0.15) is 47.6 Å². The summed E-state index contributed by atoms with van der Waals surface area (Å²) in [4.78, 5) is 6.98. The van der Waals surface area contributed by atoms with Crippen LogP contribution in [0.3, 0.4) is 0 Å². The SMILES string of the molecule is COc1cccc(-n2c(C)cc([C@H]3[C@H](c4ccccn4)NC(=S)N3C[C@@H]3CCCO3)c2C)c1. The van der Waals surface area contributed by atoms with Crippen molar-refractivity contribution in [1.82, 2.24) is 19.8 Å². The summed E-state index contributed by atoms with van der Waals surface area (Å²) >= 11 is 5.85. The van der Waals surface area contributed by atoms with Gasteiger partial charge in [0.15, 0.2) is 5.11 Å². The lowest BCUT2D eigenvalue weighted by Gasteiger charge is -2.30. The van der Waals surface area contributed by atoms with Crippen molar-refractivity contribution in [1.29, 1.82) is 0 Å². The second kappa shape index (κ2) is 9.15. The molecule has 0 radical (unpaired) electrons. The molecule has 4 heterocycles. The Morgan fingerprint density at radius 1 is 1.18 bits per heavy atom. The molecule has 2 aromatic heterocycles. The normalized spacial score (nSPS) is 22.6. The van der Waals surface area contributed by atoms with Gasteiger partial charge in [-0.25, -0.2) is 0 Å². The van der Waals surface area contributed by atoms with Crippen LogP contribution >= 0.6 is 12.2 Å². The maximum Gasteiger partial charge on any atom is 0.170 e. The topological polar surface area (TPSA) is 51.5 Å². The van der Waals surface area contributed by atoms with E-state index < -0.39 is 0 Å². The summed E-state index contributed by atoms with van der Waals surface area (Å²) in [7, 11) is 1.70. The third-order valence-electron chi connectivity index (χ3n) is 6.72. The number of nitrogens with zero attached hydrogens (tertiary/aromatic N) is 3. The molecule has 7 heteroatoms. The molecule has 6 nitrogen and oxygen atoms in total. The first-order valence-corrected chi connectivity index (χ1v) is 11.9. The molecule has 2 fully saturated rings. The van der Waals surface area contributed by atoms with Gasteiger partial charge in [0, 0.05) is 42.5 Å². The highest BCUT2D eigenvalue weighted by molar-refractivity contribution is 7.80. The monoisotopic (exact) mass is 462 g/mol. The van der Waals surface area contributed by atoms with Crippen LogP contribution in [0.4, 0.5) is 0 Å². The Kier molecular flexibility index (Phi) is 6.08. The quantitative estimate of drug-likeness (QED) is 0.538. The fraction of sp³-hybridized carbons (Fsp3) is 0.385. The molecule has 0 saturated carbocycles. The van der Waals surface area contributed by atoms with E-state index in [4.69, 9.17) is 21.7 Å². The number of ether oxygens (including phenoxy) is 2. The van der Waals surface area contributed by atoms with Crippen molar-refractivity contribution < 1.29 is 9.47 Å². The minimum Gasteiger partial charge on any atom is -0.497 e. The highest BCUT2D eigenvalue weighted by Gasteiger charge is 2.42. The van der Waals surface area contributed by atoms with Gasteiger partial charge in [0.1, 0.15) is 5.75 Å². The van der Waals surface area contributed by atoms with Crippen molar-refractivity contribution in [3.05, 3.63) is 77.4 Å². The fourth-order valence-electron chi connectivity index (χ4n) is 5.18. The van der Waals surface area contributed by atoms with Crippen molar-refractivity contribution in [2.45, 2.75) is 44.9 Å². The lowest BCUT2D eigenvalue weighted by Crippen LogP contribution is -2.36. The Bertz CT molecular complexity index is 1140. The fourth-order valence-corrected chi connectivity index (χ4v) is 5.50. The van der Waals surface area contributed by atoms with Gasteiger partial charge in [-0.2, -0.15) is 0 Å². The molecular formula is C26H30N4O2S. The molecule has 0 amide bonds. The van der Waals surface area contributed by atoms with Crippen LogP contribution in [-0.4, -0.2) is 45.9 Å². The zero-order chi connectivity index (χ0) is 22.9. The third-order valence-corrected chi connectivity index (χ3v) is 7.07. The molecule has 1 aromatic carbocycles. The molecule has 3 atom stereocenters. The number of benzene rings is 1. The maximum atomic E-state index is 5.98. The highest BCUT2D eigenvalue weighted by Crippen LogP contribution is 2.42. The van der Waals surface area contributed by atoms with Crippen LogP contribution in [0.25, 0.3) is 5.69 Å². The summed E-state index contributed by atoms with van der Waals surface area (Å²) in [6.07, 6.45) is 4.23. The number of nitrogens with one attached hydrogen (secondary N) is 1. The molecule has 172 valence electrons. The van der Waals surface area contributed by atoms with Crippen LogP contribution in [0.2, 0.25) is 0 Å². The first-order valence-electron chi connectivity index (χ1n) is 11.5. The molecular weight excluding hydrogens is 432 g/mol. The second-order valence-electron chi connectivity index (χ2n) is 8.78. The molecule has 2 aliphatic rings. The van der Waals surface area contributed by atoms with Crippen LogP contribution in [0, 0.1) is 13.8 Å². The smallest absolute Gasteiger partial charge is 0.170 e. The van der Waals surface area contributed by atoms with E-state index in [9.17, 15) is 0 Å². The van der Waals surface area contributed by atoms with Gasteiger partial charge in [0.25, 0.3) is 0 Å². The molecule has 2 saturated heterocycles. The number of pyridine rings is 1. The van der Waals surface area contributed by atoms with Crippen molar-refractivity contribution in [2.75, 3.05) is 20.3 Å². The lowest BCUT2D eigenvalue weighted by atomic mass is 9.96. The van der Waals surface area contributed by atoms with E-state index in [2.05, 4.69) is 57.9 Å². The number of aromatic nitrogens is 2. The average Bonchev–Trinajstić information content (AvgIpc) is 3.53. The standard InChI is InChI=1S/C26H30N4O2S/c1-17-14-22(18(2)30(17)19-8-6-9-20(15-19)31-3)25-24(23-11-4-5-12-27-23)28-26(33)29(25)16-21-10-7-13-32-21/h4-6,8-9,11-12,14-15,21,24-25H,7,10,13,16H2,1-3H3,(H,28,33)/t21-,24-,25-/m0/s1. The molecule has 0 spiro atoms. The van der Waals surface area contributed by atoms with E-state index in [-0.39, 0.29) is 18.2 Å². The van der Waals surface area contributed by atoms with Crippen molar-refractivity contribution in [2.24, 2.45) is 0 Å². The molecule has 0 bridgehead atoms. The minimum atomic E-state index is -0.0284. The zero-order valence-electron chi connectivity index (χ0n) is 19.3. The van der Waals surface area contributed by atoms with Crippen molar-refractivity contribution in [3.63, 3.8) is 0 Å². The number of rotatable bonds is 6. The van der Waals surface area contributed by atoms with Crippen LogP contribution in [-0.2, 0) is 4.74 Å². The summed E-state index contributed by atoms with van der Waals surface area (Å²) in [5.41, 5.74) is 5.69. The van der Waals surface area contributed by atoms with E-state index in [0.29, 0.717) is 0 Å². The van der Waals surface area contributed by atoms with E-state index in [1.54, 1.807) is 7.11 Å². The number of thiocarbonyl (C=S) groups is 1. The summed E-state index contributed by atoms with van der Waals surface area (Å²) < 4.78 is 13.7. The van der Waals surface area contributed by atoms with Gasteiger partial charge in [-0.1, -0.05) is 12.1 Å². The Labute approximate surface area is 200 Å². The van der Waals surface area contributed by atoms with E-state index in [0.717, 1.165) is 48.2 Å². The van der Waals surface area contributed by atoms with Gasteiger partial charge >= 0.3 is 0 Å². The maximum absolute atomic E-state index is 5.98. The summed E-state index contributed by atoms with van der Waals surface area (Å²) in [5, 5.41) is 4.33. The van der Waals surface area contributed by atoms with Crippen LogP contribution in [0.5, 0.6) is 5.75 Å². The summed E-state index contributed by atoms with van der Waals surface area (Å²) in [5.74, 6) is 0.844. The van der Waals surface area contributed by atoms with E-state index in [1.165, 1.54) is 17.0 Å². The Morgan fingerprint density at radius 2 is 2.06 bits per heavy atom.